The third-order valence-corrected chi connectivity index (χ3v) is 1.33. The Balaban J connectivity index is 4.45. The van der Waals surface area contributed by atoms with E-state index < -0.39 is 11.6 Å². The van der Waals surface area contributed by atoms with Gasteiger partial charge in [0.15, 0.2) is 5.60 Å². The van der Waals surface area contributed by atoms with Gasteiger partial charge in [-0.3, -0.25) is 0 Å². The fourth-order valence-corrected chi connectivity index (χ4v) is 0.410. The number of carbonyl (C=O) groups is 1. The molecular weight excluding hydrogens is 152 g/mol. The van der Waals surface area contributed by atoms with E-state index in [1.165, 1.54) is 6.08 Å². The van der Waals surface area contributed by atoms with E-state index in [-0.39, 0.29) is 0 Å². The van der Waals surface area contributed by atoms with Crippen LogP contribution in [0.1, 0.15) is 13.8 Å². The maximum absolute atomic E-state index is 11.0. The Morgan fingerprint density at radius 3 is 2.50 bits per heavy atom. The molecule has 0 amide bonds. The zero-order chi connectivity index (χ0) is 9.78. The molecule has 0 saturated heterocycles. The van der Waals surface area contributed by atoms with Gasteiger partial charge >= 0.3 is 5.97 Å². The van der Waals surface area contributed by atoms with E-state index in [1.54, 1.807) is 13.8 Å². The minimum atomic E-state index is -1.03. The van der Waals surface area contributed by atoms with Crippen LogP contribution in [0, 0.1) is 12.3 Å². The van der Waals surface area contributed by atoms with E-state index >= 15 is 0 Å². The highest BCUT2D eigenvalue weighted by molar-refractivity contribution is 5.87. The molecule has 2 heteroatoms. The minimum Gasteiger partial charge on any atom is -0.439 e. The number of hydrogen-bond acceptors (Lipinski definition) is 2. The summed E-state index contributed by atoms with van der Waals surface area (Å²) >= 11 is 0. The maximum atomic E-state index is 11.0. The van der Waals surface area contributed by atoms with E-state index in [2.05, 4.69) is 19.1 Å². The molecule has 0 radical (unpaired) electrons. The van der Waals surface area contributed by atoms with E-state index in [4.69, 9.17) is 11.2 Å². The van der Waals surface area contributed by atoms with Crippen LogP contribution in [-0.2, 0) is 9.53 Å². The fourth-order valence-electron chi connectivity index (χ4n) is 0.410. The van der Waals surface area contributed by atoms with Gasteiger partial charge in [-0.25, -0.2) is 4.79 Å². The van der Waals surface area contributed by atoms with Crippen molar-refractivity contribution in [2.75, 3.05) is 0 Å². The van der Waals surface area contributed by atoms with Crippen molar-refractivity contribution < 1.29 is 9.53 Å². The molecule has 2 nitrogen and oxygen atoms in total. The normalized spacial score (nSPS) is 13.8. The number of hydrogen-bond donors (Lipinski definition) is 0. The van der Waals surface area contributed by atoms with Crippen molar-refractivity contribution in [3.8, 4) is 12.3 Å². The molecule has 0 aliphatic heterocycles. The summed E-state index contributed by atoms with van der Waals surface area (Å²) in [6.07, 6.45) is 6.53. The number of esters is 1. The first-order valence-corrected chi connectivity index (χ1v) is 3.45. The number of carbonyl (C=O) groups excluding carboxylic acids is 1. The predicted molar refractivity (Wildman–Crippen MR) is 48.3 cm³/mol. The van der Waals surface area contributed by atoms with E-state index in [0.717, 1.165) is 0 Å². The highest BCUT2D eigenvalue weighted by atomic mass is 16.6. The lowest BCUT2D eigenvalue weighted by molar-refractivity contribution is -0.145. The van der Waals surface area contributed by atoms with Crippen molar-refractivity contribution >= 4 is 5.97 Å². The van der Waals surface area contributed by atoms with Crippen LogP contribution in [0.3, 0.4) is 0 Å². The van der Waals surface area contributed by atoms with Crippen LogP contribution in [0.5, 0.6) is 0 Å². The van der Waals surface area contributed by atoms with Crippen molar-refractivity contribution in [1.29, 1.82) is 0 Å². The molecule has 0 aromatic carbocycles. The highest BCUT2D eigenvalue weighted by Crippen LogP contribution is 2.11. The minimum absolute atomic E-state index is 0.318. The van der Waals surface area contributed by atoms with Gasteiger partial charge in [-0.05, 0) is 19.9 Å². The summed E-state index contributed by atoms with van der Waals surface area (Å²) in [5.41, 5.74) is -0.714. The number of terminal acetylenes is 1. The molecule has 0 rings (SSSR count). The molecule has 0 fully saturated rings. The summed E-state index contributed by atoms with van der Waals surface area (Å²) in [6.45, 7) is 10.0. The average molecular weight is 164 g/mol. The lowest BCUT2D eigenvalue weighted by atomic mass is 10.1. The first kappa shape index (κ1) is 10.5. The maximum Gasteiger partial charge on any atom is 0.334 e. The van der Waals surface area contributed by atoms with Crippen LogP contribution in [0.2, 0.25) is 0 Å². The van der Waals surface area contributed by atoms with Crippen molar-refractivity contribution in [2.24, 2.45) is 0 Å². The average Bonchev–Trinajstić information content (AvgIpc) is 2.04. The first-order chi connectivity index (χ1) is 5.45. The van der Waals surface area contributed by atoms with Crippen LogP contribution in [0.4, 0.5) is 0 Å². The standard InChI is InChI=1S/C10H12O2/c1-6-10(5,7-2)12-9(11)8(3)4/h1,7H,2-3H2,4-5H3. The molecule has 0 aliphatic carbocycles. The smallest absolute Gasteiger partial charge is 0.334 e. The second-order valence-corrected chi connectivity index (χ2v) is 2.63. The summed E-state index contributed by atoms with van der Waals surface area (Å²) in [7, 11) is 0. The molecule has 0 aromatic rings. The van der Waals surface area contributed by atoms with Gasteiger partial charge in [0.25, 0.3) is 0 Å². The van der Waals surface area contributed by atoms with Crippen LogP contribution in [-0.4, -0.2) is 11.6 Å². The zero-order valence-electron chi connectivity index (χ0n) is 7.39. The first-order valence-electron chi connectivity index (χ1n) is 3.45. The van der Waals surface area contributed by atoms with Crippen molar-refractivity contribution in [3.63, 3.8) is 0 Å². The fraction of sp³-hybridized carbons (Fsp3) is 0.300. The van der Waals surface area contributed by atoms with Gasteiger partial charge in [0.1, 0.15) is 0 Å². The molecule has 0 bridgehead atoms. The van der Waals surface area contributed by atoms with E-state index in [0.29, 0.717) is 5.57 Å². The quantitative estimate of drug-likeness (QED) is 0.274. The van der Waals surface area contributed by atoms with Crippen LogP contribution in [0.15, 0.2) is 24.8 Å². The summed E-state index contributed by atoms with van der Waals surface area (Å²) in [5.74, 6) is 1.81. The predicted octanol–water partition coefficient (Wildman–Crippen LogP) is 1.68. The summed E-state index contributed by atoms with van der Waals surface area (Å²) in [6, 6.07) is 0. The lowest BCUT2D eigenvalue weighted by Gasteiger charge is -2.19. The topological polar surface area (TPSA) is 26.3 Å². The molecule has 64 valence electrons. The highest BCUT2D eigenvalue weighted by Gasteiger charge is 2.21. The zero-order valence-corrected chi connectivity index (χ0v) is 7.39. The van der Waals surface area contributed by atoms with Gasteiger partial charge in [-0.1, -0.05) is 19.1 Å². The second-order valence-electron chi connectivity index (χ2n) is 2.63. The summed E-state index contributed by atoms with van der Waals surface area (Å²) < 4.78 is 4.91. The molecule has 0 saturated carbocycles. The summed E-state index contributed by atoms with van der Waals surface area (Å²) in [5, 5.41) is 0. The largest absolute Gasteiger partial charge is 0.439 e. The van der Waals surface area contributed by atoms with Crippen LogP contribution in [0.25, 0.3) is 0 Å². The summed E-state index contributed by atoms with van der Waals surface area (Å²) in [4.78, 5) is 11.0. The third-order valence-electron chi connectivity index (χ3n) is 1.33. The van der Waals surface area contributed by atoms with Gasteiger partial charge in [0.05, 0.1) is 0 Å². The number of rotatable bonds is 3. The van der Waals surface area contributed by atoms with Crippen LogP contribution >= 0.6 is 0 Å². The van der Waals surface area contributed by atoms with Gasteiger partial charge in [0, 0.05) is 5.57 Å². The van der Waals surface area contributed by atoms with Crippen molar-refractivity contribution in [3.05, 3.63) is 24.8 Å². The Labute approximate surface area is 72.9 Å². The van der Waals surface area contributed by atoms with E-state index in [1.807, 2.05) is 0 Å². The second kappa shape index (κ2) is 3.77. The Bertz CT molecular complexity index is 258. The SMILES string of the molecule is C#CC(C)(C=C)OC(=O)C(=C)C. The third kappa shape index (κ3) is 2.63. The molecule has 1 atom stereocenters. The van der Waals surface area contributed by atoms with Crippen molar-refractivity contribution in [2.45, 2.75) is 19.4 Å². The molecule has 0 heterocycles. The molecule has 1 unspecified atom stereocenters. The Morgan fingerprint density at radius 1 is 1.75 bits per heavy atom. The van der Waals surface area contributed by atoms with Crippen LogP contribution < -0.4 is 0 Å². The molecule has 12 heavy (non-hydrogen) atoms. The molecule has 0 aromatic heterocycles. The Morgan fingerprint density at radius 2 is 2.25 bits per heavy atom. The monoisotopic (exact) mass is 164 g/mol. The van der Waals surface area contributed by atoms with Gasteiger partial charge in [-0.15, -0.1) is 6.42 Å². The van der Waals surface area contributed by atoms with E-state index in [9.17, 15) is 4.79 Å². The molecule has 0 N–H and O–H groups in total. The molecule has 0 spiro atoms. The number of ether oxygens (including phenoxy) is 1. The molecule has 0 aliphatic rings. The van der Waals surface area contributed by atoms with Gasteiger partial charge in [-0.2, -0.15) is 0 Å². The van der Waals surface area contributed by atoms with Crippen molar-refractivity contribution in [1.82, 2.24) is 0 Å². The molecular formula is C10H12O2. The lowest BCUT2D eigenvalue weighted by Crippen LogP contribution is -2.27. The Hall–Kier alpha value is -1.49. The van der Waals surface area contributed by atoms with Gasteiger partial charge in [0.2, 0.25) is 0 Å². The Kier molecular flexibility index (Phi) is 3.30. The van der Waals surface area contributed by atoms with Gasteiger partial charge < -0.3 is 4.74 Å².